The second-order valence-electron chi connectivity index (χ2n) is 7.15. The number of hydrogen-bond donors (Lipinski definition) is 0. The molecule has 0 aliphatic carbocycles. The van der Waals surface area contributed by atoms with Crippen LogP contribution in [0.25, 0.3) is 0 Å². The van der Waals surface area contributed by atoms with Crippen LogP contribution in [0, 0.1) is 6.92 Å². The van der Waals surface area contributed by atoms with Gasteiger partial charge in [-0.1, -0.05) is 37.2 Å². The molecule has 2 heterocycles. The third-order valence-electron chi connectivity index (χ3n) is 4.82. The Morgan fingerprint density at radius 3 is 2.64 bits per heavy atom. The van der Waals surface area contributed by atoms with Gasteiger partial charge in [0.15, 0.2) is 5.76 Å². The minimum absolute atomic E-state index is 0.0290. The van der Waals surface area contributed by atoms with Crippen LogP contribution in [0.5, 0.6) is 0 Å². The number of carbonyl (C=O) groups excluding carboxylic acids is 1. The van der Waals surface area contributed by atoms with E-state index >= 15 is 0 Å². The fraction of sp³-hybridized carbons (Fsp3) is 0.500. The van der Waals surface area contributed by atoms with Crippen molar-refractivity contribution in [3.8, 4) is 0 Å². The van der Waals surface area contributed by atoms with Gasteiger partial charge in [-0.05, 0) is 31.4 Å². The van der Waals surface area contributed by atoms with Crippen LogP contribution in [0.15, 0.2) is 28.8 Å². The van der Waals surface area contributed by atoms with Crippen molar-refractivity contribution in [2.75, 3.05) is 25.0 Å². The first kappa shape index (κ1) is 17.5. The number of carbonyl (C=O) groups is 1. The number of benzene rings is 1. The molecule has 1 amide bonds. The Kier molecular flexibility index (Phi) is 5.11. The summed E-state index contributed by atoms with van der Waals surface area (Å²) in [5, 5.41) is 4.00. The number of hydrogen-bond acceptors (Lipinski definition) is 4. The standard InChI is InChI=1S/C20H27N3O2/c1-14(2)19-18(15(3)21-25-19)20(24)22(4)13-16-9-5-6-10-17(16)23-11-7-8-12-23/h5-6,9-10,14H,7-8,11-13H2,1-4H3. The van der Waals surface area contributed by atoms with E-state index in [0.717, 1.165) is 13.1 Å². The number of amides is 1. The fourth-order valence-corrected chi connectivity index (χ4v) is 3.47. The van der Waals surface area contributed by atoms with E-state index in [1.165, 1.54) is 24.1 Å². The molecule has 1 aromatic heterocycles. The zero-order valence-electron chi connectivity index (χ0n) is 15.6. The van der Waals surface area contributed by atoms with Crippen LogP contribution in [0.2, 0.25) is 0 Å². The van der Waals surface area contributed by atoms with Gasteiger partial charge in [-0.15, -0.1) is 0 Å². The van der Waals surface area contributed by atoms with E-state index < -0.39 is 0 Å². The maximum atomic E-state index is 13.0. The van der Waals surface area contributed by atoms with Crippen molar-refractivity contribution in [3.63, 3.8) is 0 Å². The summed E-state index contributed by atoms with van der Waals surface area (Å²) in [5.41, 5.74) is 3.69. The number of rotatable bonds is 5. The van der Waals surface area contributed by atoms with Gasteiger partial charge < -0.3 is 14.3 Å². The van der Waals surface area contributed by atoms with Gasteiger partial charge in [-0.2, -0.15) is 0 Å². The van der Waals surface area contributed by atoms with Crippen molar-refractivity contribution in [3.05, 3.63) is 46.8 Å². The van der Waals surface area contributed by atoms with E-state index in [-0.39, 0.29) is 11.8 Å². The third-order valence-corrected chi connectivity index (χ3v) is 4.82. The highest BCUT2D eigenvalue weighted by molar-refractivity contribution is 5.96. The monoisotopic (exact) mass is 341 g/mol. The van der Waals surface area contributed by atoms with E-state index in [0.29, 0.717) is 23.6 Å². The van der Waals surface area contributed by atoms with Crippen LogP contribution < -0.4 is 4.90 Å². The van der Waals surface area contributed by atoms with E-state index in [1.807, 2.05) is 33.9 Å². The molecular formula is C20H27N3O2. The zero-order chi connectivity index (χ0) is 18.0. The van der Waals surface area contributed by atoms with Crippen molar-refractivity contribution in [1.29, 1.82) is 0 Å². The predicted octanol–water partition coefficient (Wildman–Crippen LogP) is 3.98. The Hall–Kier alpha value is -2.30. The van der Waals surface area contributed by atoms with Crippen LogP contribution in [-0.2, 0) is 6.54 Å². The van der Waals surface area contributed by atoms with E-state index in [2.05, 4.69) is 28.3 Å². The summed E-state index contributed by atoms with van der Waals surface area (Å²) in [6.45, 7) is 8.62. The Morgan fingerprint density at radius 1 is 1.28 bits per heavy atom. The number of nitrogens with zero attached hydrogens (tertiary/aromatic N) is 3. The molecule has 0 saturated carbocycles. The summed E-state index contributed by atoms with van der Waals surface area (Å²) in [5.74, 6) is 0.770. The molecule has 0 N–H and O–H groups in total. The molecule has 134 valence electrons. The highest BCUT2D eigenvalue weighted by Gasteiger charge is 2.26. The lowest BCUT2D eigenvalue weighted by atomic mass is 10.0. The lowest BCUT2D eigenvalue weighted by Gasteiger charge is -2.24. The van der Waals surface area contributed by atoms with Gasteiger partial charge >= 0.3 is 0 Å². The molecule has 1 aliphatic heterocycles. The molecule has 0 spiro atoms. The quantitative estimate of drug-likeness (QED) is 0.825. The van der Waals surface area contributed by atoms with Crippen LogP contribution in [0.4, 0.5) is 5.69 Å². The second-order valence-corrected chi connectivity index (χ2v) is 7.15. The highest BCUT2D eigenvalue weighted by atomic mass is 16.5. The number of aromatic nitrogens is 1. The molecule has 1 aromatic carbocycles. The zero-order valence-corrected chi connectivity index (χ0v) is 15.6. The first-order valence-electron chi connectivity index (χ1n) is 9.03. The van der Waals surface area contributed by atoms with Crippen molar-refractivity contribution < 1.29 is 9.32 Å². The lowest BCUT2D eigenvalue weighted by molar-refractivity contribution is 0.0782. The molecule has 0 atom stereocenters. The van der Waals surface area contributed by atoms with Gasteiger partial charge in [0.25, 0.3) is 5.91 Å². The van der Waals surface area contributed by atoms with Crippen LogP contribution in [-0.4, -0.2) is 36.1 Å². The maximum absolute atomic E-state index is 13.0. The maximum Gasteiger partial charge on any atom is 0.259 e. The smallest absolute Gasteiger partial charge is 0.259 e. The summed E-state index contributed by atoms with van der Waals surface area (Å²) in [7, 11) is 1.85. The molecule has 1 fully saturated rings. The predicted molar refractivity (Wildman–Crippen MR) is 99.0 cm³/mol. The van der Waals surface area contributed by atoms with Crippen molar-refractivity contribution in [1.82, 2.24) is 10.1 Å². The summed E-state index contributed by atoms with van der Waals surface area (Å²) >= 11 is 0. The van der Waals surface area contributed by atoms with Crippen molar-refractivity contribution in [2.24, 2.45) is 0 Å². The molecule has 0 unspecified atom stereocenters. The number of anilines is 1. The van der Waals surface area contributed by atoms with Gasteiger partial charge in [-0.3, -0.25) is 4.79 Å². The van der Waals surface area contributed by atoms with Gasteiger partial charge in [0.05, 0.1) is 5.69 Å². The Morgan fingerprint density at radius 2 is 1.96 bits per heavy atom. The normalized spacial score (nSPS) is 14.4. The first-order valence-corrected chi connectivity index (χ1v) is 9.03. The molecule has 3 rings (SSSR count). The molecule has 1 aliphatic rings. The third kappa shape index (κ3) is 3.55. The Labute approximate surface area is 149 Å². The van der Waals surface area contributed by atoms with Crippen LogP contribution in [0.1, 0.15) is 60.0 Å². The number of para-hydroxylation sites is 1. The fourth-order valence-electron chi connectivity index (χ4n) is 3.47. The average Bonchev–Trinajstić information content (AvgIpc) is 3.24. The van der Waals surface area contributed by atoms with Gasteiger partial charge in [0, 0.05) is 38.3 Å². The van der Waals surface area contributed by atoms with Gasteiger partial charge in [0.1, 0.15) is 5.56 Å². The summed E-state index contributed by atoms with van der Waals surface area (Å²) in [6.07, 6.45) is 2.47. The van der Waals surface area contributed by atoms with E-state index in [9.17, 15) is 4.79 Å². The largest absolute Gasteiger partial charge is 0.371 e. The van der Waals surface area contributed by atoms with Crippen molar-refractivity contribution >= 4 is 11.6 Å². The molecule has 25 heavy (non-hydrogen) atoms. The number of aryl methyl sites for hydroxylation is 1. The second kappa shape index (κ2) is 7.30. The van der Waals surface area contributed by atoms with Gasteiger partial charge in [0.2, 0.25) is 0 Å². The average molecular weight is 341 g/mol. The first-order chi connectivity index (χ1) is 12.0. The van der Waals surface area contributed by atoms with Gasteiger partial charge in [-0.25, -0.2) is 0 Å². The Balaban J connectivity index is 1.82. The molecule has 5 nitrogen and oxygen atoms in total. The molecule has 5 heteroatoms. The van der Waals surface area contributed by atoms with Crippen LogP contribution in [0.3, 0.4) is 0 Å². The highest BCUT2D eigenvalue weighted by Crippen LogP contribution is 2.27. The molecule has 1 saturated heterocycles. The SMILES string of the molecule is Cc1noc(C(C)C)c1C(=O)N(C)Cc1ccccc1N1CCCC1. The summed E-state index contributed by atoms with van der Waals surface area (Å²) in [6, 6.07) is 8.38. The topological polar surface area (TPSA) is 49.6 Å². The molecule has 0 radical (unpaired) electrons. The lowest BCUT2D eigenvalue weighted by Crippen LogP contribution is -2.29. The Bertz CT molecular complexity index is 745. The van der Waals surface area contributed by atoms with E-state index in [4.69, 9.17) is 4.52 Å². The van der Waals surface area contributed by atoms with Crippen molar-refractivity contribution in [2.45, 2.75) is 46.1 Å². The summed E-state index contributed by atoms with van der Waals surface area (Å²) < 4.78 is 5.38. The minimum Gasteiger partial charge on any atom is -0.371 e. The molecule has 2 aromatic rings. The molecule has 0 bridgehead atoms. The minimum atomic E-state index is -0.0290. The summed E-state index contributed by atoms with van der Waals surface area (Å²) in [4.78, 5) is 17.2. The van der Waals surface area contributed by atoms with Crippen LogP contribution >= 0.6 is 0 Å². The van der Waals surface area contributed by atoms with E-state index in [1.54, 1.807) is 4.90 Å². The molecular weight excluding hydrogens is 314 g/mol.